The Bertz CT molecular complexity index is 647. The zero-order valence-electron chi connectivity index (χ0n) is 8.76. The van der Waals surface area contributed by atoms with Crippen molar-refractivity contribution in [1.82, 2.24) is 8.96 Å². The quantitative estimate of drug-likeness (QED) is 0.805. The van der Waals surface area contributed by atoms with Crippen LogP contribution < -0.4 is 0 Å². The topological polar surface area (TPSA) is 52.0 Å². The molecule has 0 amide bonds. The van der Waals surface area contributed by atoms with E-state index in [0.29, 0.717) is 9.21 Å². The summed E-state index contributed by atoms with van der Waals surface area (Å²) in [5.74, 6) is 0. The molecule has 1 aromatic heterocycles. The summed E-state index contributed by atoms with van der Waals surface area (Å²) in [6, 6.07) is 6.66. The first-order valence-electron chi connectivity index (χ1n) is 4.63. The first-order valence-corrected chi connectivity index (χ1v) is 7.66. The molecule has 90 valence electrons. The number of aromatic nitrogens is 2. The van der Waals surface area contributed by atoms with Gasteiger partial charge in [0.1, 0.15) is 15.5 Å². The summed E-state index contributed by atoms with van der Waals surface area (Å²) < 4.78 is 26.4. The molecule has 0 saturated heterocycles. The minimum Gasteiger partial charge on any atom is -0.227 e. The van der Waals surface area contributed by atoms with E-state index in [1.54, 1.807) is 24.3 Å². The van der Waals surface area contributed by atoms with Crippen molar-refractivity contribution in [2.75, 3.05) is 0 Å². The summed E-state index contributed by atoms with van der Waals surface area (Å²) in [6.45, 7) is 1.90. The van der Waals surface area contributed by atoms with E-state index in [2.05, 4.69) is 36.8 Å². The number of nitrogens with zero attached hydrogens (tertiary/aromatic N) is 2. The first-order chi connectivity index (χ1) is 7.93. The number of imidazole rings is 1. The summed E-state index contributed by atoms with van der Waals surface area (Å²) in [4.78, 5) is 4.11. The van der Waals surface area contributed by atoms with E-state index in [1.165, 1.54) is 6.33 Å². The van der Waals surface area contributed by atoms with Gasteiger partial charge in [-0.15, -0.1) is 0 Å². The molecule has 17 heavy (non-hydrogen) atoms. The number of halogens is 2. The highest BCUT2D eigenvalue weighted by molar-refractivity contribution is 9.13. The van der Waals surface area contributed by atoms with Crippen molar-refractivity contribution >= 4 is 41.9 Å². The third-order valence-corrected chi connectivity index (χ3v) is 5.98. The fourth-order valence-electron chi connectivity index (χ4n) is 1.29. The lowest BCUT2D eigenvalue weighted by molar-refractivity contribution is 0.586. The summed E-state index contributed by atoms with van der Waals surface area (Å²) in [6.07, 6.45) is 1.25. The van der Waals surface area contributed by atoms with Gasteiger partial charge in [-0.25, -0.2) is 17.4 Å². The number of hydrogen-bond acceptors (Lipinski definition) is 3. The van der Waals surface area contributed by atoms with Crippen LogP contribution in [0.15, 0.2) is 44.7 Å². The van der Waals surface area contributed by atoms with Crippen molar-refractivity contribution in [2.24, 2.45) is 0 Å². The fourth-order valence-corrected chi connectivity index (χ4v) is 3.63. The maximum absolute atomic E-state index is 12.3. The third kappa shape index (κ3) is 2.31. The molecule has 0 radical (unpaired) electrons. The summed E-state index contributed by atoms with van der Waals surface area (Å²) in [7, 11) is -3.59. The third-order valence-electron chi connectivity index (χ3n) is 2.22. The lowest BCUT2D eigenvalue weighted by Crippen LogP contribution is -2.12. The molecule has 4 nitrogen and oxygen atoms in total. The van der Waals surface area contributed by atoms with E-state index >= 15 is 0 Å². The van der Waals surface area contributed by atoms with Gasteiger partial charge >= 0.3 is 0 Å². The van der Waals surface area contributed by atoms with Gasteiger partial charge in [0, 0.05) is 0 Å². The van der Waals surface area contributed by atoms with Crippen molar-refractivity contribution in [1.29, 1.82) is 0 Å². The minimum absolute atomic E-state index is 0.230. The van der Waals surface area contributed by atoms with Gasteiger partial charge in [-0.05, 0) is 50.9 Å². The Kier molecular flexibility index (Phi) is 3.42. The molecule has 0 aliphatic heterocycles. The maximum Gasteiger partial charge on any atom is 0.269 e. The number of aryl methyl sites for hydroxylation is 1. The van der Waals surface area contributed by atoms with Gasteiger partial charge in [0.25, 0.3) is 10.0 Å². The van der Waals surface area contributed by atoms with Gasteiger partial charge in [0.05, 0.1) is 4.90 Å². The largest absolute Gasteiger partial charge is 0.269 e. The predicted molar refractivity (Wildman–Crippen MR) is 71.4 cm³/mol. The molecule has 0 bridgehead atoms. The maximum atomic E-state index is 12.3. The van der Waals surface area contributed by atoms with Crippen molar-refractivity contribution in [3.63, 3.8) is 0 Å². The molecule has 7 heteroatoms. The lowest BCUT2D eigenvalue weighted by Gasteiger charge is -2.06. The normalized spacial score (nSPS) is 11.7. The van der Waals surface area contributed by atoms with Crippen molar-refractivity contribution in [3.8, 4) is 0 Å². The van der Waals surface area contributed by atoms with Gasteiger partial charge in [-0.3, -0.25) is 0 Å². The molecular weight excluding hydrogens is 372 g/mol. The first kappa shape index (κ1) is 12.8. The molecule has 0 fully saturated rings. The molecule has 0 spiro atoms. The Morgan fingerprint density at radius 2 is 1.76 bits per heavy atom. The Hall–Kier alpha value is -0.660. The van der Waals surface area contributed by atoms with Gasteiger partial charge in [-0.2, -0.15) is 0 Å². The zero-order valence-corrected chi connectivity index (χ0v) is 12.8. The van der Waals surface area contributed by atoms with Crippen molar-refractivity contribution in [3.05, 3.63) is 45.4 Å². The average molecular weight is 380 g/mol. The summed E-state index contributed by atoms with van der Waals surface area (Å²) in [5, 5.41) is 0. The Balaban J connectivity index is 2.58. The number of benzene rings is 1. The smallest absolute Gasteiger partial charge is 0.227 e. The molecule has 0 atom stereocenters. The second-order valence-electron chi connectivity index (χ2n) is 3.44. The number of rotatable bonds is 2. The van der Waals surface area contributed by atoms with Crippen molar-refractivity contribution < 1.29 is 8.42 Å². The van der Waals surface area contributed by atoms with Crippen LogP contribution in [-0.2, 0) is 10.0 Å². The van der Waals surface area contributed by atoms with Crippen LogP contribution in [-0.4, -0.2) is 17.4 Å². The van der Waals surface area contributed by atoms with Crippen LogP contribution in [0.25, 0.3) is 0 Å². The Labute approximate surface area is 116 Å². The predicted octanol–water partition coefficient (Wildman–Crippen LogP) is 2.95. The van der Waals surface area contributed by atoms with Crippen LogP contribution in [0.3, 0.4) is 0 Å². The van der Waals surface area contributed by atoms with Gasteiger partial charge in [-0.1, -0.05) is 17.7 Å². The lowest BCUT2D eigenvalue weighted by atomic mass is 10.2. The van der Waals surface area contributed by atoms with E-state index in [9.17, 15) is 8.42 Å². The molecule has 0 saturated carbocycles. The summed E-state index contributed by atoms with van der Waals surface area (Å²) >= 11 is 6.32. The highest BCUT2D eigenvalue weighted by atomic mass is 79.9. The molecule has 0 aliphatic carbocycles. The minimum atomic E-state index is -3.59. The molecule has 0 N–H and O–H groups in total. The molecule has 1 aromatic carbocycles. The van der Waals surface area contributed by atoms with Crippen LogP contribution in [0, 0.1) is 6.92 Å². The highest BCUT2D eigenvalue weighted by Crippen LogP contribution is 2.25. The molecule has 2 aromatic rings. The van der Waals surface area contributed by atoms with Gasteiger partial charge in [0.15, 0.2) is 0 Å². The fraction of sp³-hybridized carbons (Fsp3) is 0.100. The van der Waals surface area contributed by atoms with Crippen LogP contribution in [0.2, 0.25) is 0 Å². The standard InChI is InChI=1S/C10H8Br2N2O2S/c1-7-2-4-8(5-3-7)17(15,16)14-6-13-9(11)10(14)12/h2-6H,1H3. The second kappa shape index (κ2) is 4.55. The van der Waals surface area contributed by atoms with E-state index < -0.39 is 10.0 Å². The van der Waals surface area contributed by atoms with Crippen LogP contribution in [0.4, 0.5) is 0 Å². The molecule has 1 heterocycles. The number of hydrogen-bond donors (Lipinski definition) is 0. The van der Waals surface area contributed by atoms with E-state index in [0.717, 1.165) is 9.54 Å². The van der Waals surface area contributed by atoms with E-state index in [1.807, 2.05) is 6.92 Å². The van der Waals surface area contributed by atoms with Crippen LogP contribution in [0.1, 0.15) is 5.56 Å². The van der Waals surface area contributed by atoms with Gasteiger partial charge < -0.3 is 0 Å². The second-order valence-corrected chi connectivity index (χ2v) is 6.76. The monoisotopic (exact) mass is 378 g/mol. The van der Waals surface area contributed by atoms with Crippen LogP contribution in [0.5, 0.6) is 0 Å². The Morgan fingerprint density at radius 1 is 1.18 bits per heavy atom. The SMILES string of the molecule is Cc1ccc(S(=O)(=O)n2cnc(Br)c2Br)cc1. The molecular formula is C10H8Br2N2O2S. The Morgan fingerprint density at radius 3 is 2.24 bits per heavy atom. The van der Waals surface area contributed by atoms with Crippen LogP contribution >= 0.6 is 31.9 Å². The molecule has 0 aliphatic rings. The molecule has 0 unspecified atom stereocenters. The average Bonchev–Trinajstić information content (AvgIpc) is 2.61. The zero-order chi connectivity index (χ0) is 12.6. The van der Waals surface area contributed by atoms with E-state index in [-0.39, 0.29) is 4.90 Å². The summed E-state index contributed by atoms with van der Waals surface area (Å²) in [5.41, 5.74) is 1.01. The van der Waals surface area contributed by atoms with E-state index in [4.69, 9.17) is 0 Å². The van der Waals surface area contributed by atoms with Gasteiger partial charge in [0.2, 0.25) is 0 Å². The molecule has 2 rings (SSSR count). The highest BCUT2D eigenvalue weighted by Gasteiger charge is 2.20. The van der Waals surface area contributed by atoms with Crippen molar-refractivity contribution in [2.45, 2.75) is 11.8 Å².